The van der Waals surface area contributed by atoms with Crippen LogP contribution in [0.5, 0.6) is 0 Å². The summed E-state index contributed by atoms with van der Waals surface area (Å²) in [5.74, 6) is 1.19. The molecule has 2 aromatic heterocycles. The van der Waals surface area contributed by atoms with Crippen LogP contribution in [-0.2, 0) is 7.05 Å². The van der Waals surface area contributed by atoms with E-state index < -0.39 is 0 Å². The highest BCUT2D eigenvalue weighted by Gasteiger charge is 2.12. The zero-order chi connectivity index (χ0) is 18.1. The van der Waals surface area contributed by atoms with Gasteiger partial charge in [0, 0.05) is 23.4 Å². The predicted molar refractivity (Wildman–Crippen MR) is 106 cm³/mol. The highest BCUT2D eigenvalue weighted by molar-refractivity contribution is 6.30. The minimum Gasteiger partial charge on any atom is -0.339 e. The number of para-hydroxylation sites is 1. The number of aromatic nitrogens is 4. The number of nitrogens with zero attached hydrogens (tertiary/aromatic N) is 4. The minimum absolute atomic E-state index is 0.506. The van der Waals surface area contributed by atoms with Crippen molar-refractivity contribution in [2.75, 3.05) is 10.6 Å². The summed E-state index contributed by atoms with van der Waals surface area (Å²) < 4.78 is 1.73. The molecule has 0 aliphatic carbocycles. The van der Waals surface area contributed by atoms with Gasteiger partial charge in [-0.2, -0.15) is 15.1 Å². The number of hydrogen-bond donors (Lipinski definition) is 2. The Morgan fingerprint density at radius 2 is 1.73 bits per heavy atom. The van der Waals surface area contributed by atoms with E-state index >= 15 is 0 Å². The van der Waals surface area contributed by atoms with Crippen LogP contribution in [0.4, 0.5) is 23.1 Å². The molecule has 0 unspecified atom stereocenters. The lowest BCUT2D eigenvalue weighted by atomic mass is 10.2. The van der Waals surface area contributed by atoms with Gasteiger partial charge >= 0.3 is 0 Å². The summed E-state index contributed by atoms with van der Waals surface area (Å²) in [6, 6.07) is 15.5. The zero-order valence-corrected chi connectivity index (χ0v) is 15.1. The normalized spacial score (nSPS) is 10.9. The molecule has 2 heterocycles. The van der Waals surface area contributed by atoms with Crippen LogP contribution in [0, 0.1) is 6.92 Å². The van der Waals surface area contributed by atoms with Crippen molar-refractivity contribution in [1.29, 1.82) is 0 Å². The van der Waals surface area contributed by atoms with Crippen LogP contribution in [0.25, 0.3) is 11.0 Å². The van der Waals surface area contributed by atoms with E-state index in [0.29, 0.717) is 16.8 Å². The fourth-order valence-electron chi connectivity index (χ4n) is 2.68. The van der Waals surface area contributed by atoms with E-state index in [-0.39, 0.29) is 0 Å². The van der Waals surface area contributed by atoms with Crippen molar-refractivity contribution in [2.45, 2.75) is 6.92 Å². The van der Waals surface area contributed by atoms with Gasteiger partial charge in [-0.05, 0) is 42.8 Å². The van der Waals surface area contributed by atoms with Crippen molar-refractivity contribution in [2.24, 2.45) is 7.05 Å². The Kier molecular flexibility index (Phi) is 4.18. The van der Waals surface area contributed by atoms with Gasteiger partial charge < -0.3 is 10.6 Å². The molecule has 2 N–H and O–H groups in total. The van der Waals surface area contributed by atoms with Gasteiger partial charge in [0.25, 0.3) is 0 Å². The van der Waals surface area contributed by atoms with Crippen LogP contribution in [0.1, 0.15) is 5.56 Å². The molecule has 0 bridgehead atoms. The highest BCUT2D eigenvalue weighted by Crippen LogP contribution is 2.27. The Bertz CT molecular complexity index is 1070. The first kappa shape index (κ1) is 16.4. The fraction of sp³-hybridized carbons (Fsp3) is 0.105. The van der Waals surface area contributed by atoms with Crippen LogP contribution >= 0.6 is 11.6 Å². The molecule has 0 atom stereocenters. The monoisotopic (exact) mass is 364 g/mol. The molecule has 0 aliphatic rings. The topological polar surface area (TPSA) is 67.7 Å². The molecule has 0 saturated carbocycles. The zero-order valence-electron chi connectivity index (χ0n) is 14.4. The van der Waals surface area contributed by atoms with E-state index in [1.807, 2.05) is 62.5 Å². The number of hydrogen-bond acceptors (Lipinski definition) is 5. The Labute approximate surface area is 155 Å². The van der Waals surface area contributed by atoms with Crippen molar-refractivity contribution < 1.29 is 0 Å². The molecule has 0 saturated heterocycles. The Balaban J connectivity index is 1.76. The second kappa shape index (κ2) is 6.65. The maximum atomic E-state index is 5.97. The first-order valence-corrected chi connectivity index (χ1v) is 8.53. The number of anilines is 4. The van der Waals surface area contributed by atoms with Crippen LogP contribution in [0.15, 0.2) is 54.7 Å². The summed E-state index contributed by atoms with van der Waals surface area (Å²) in [4.78, 5) is 9.25. The van der Waals surface area contributed by atoms with E-state index in [0.717, 1.165) is 28.0 Å². The third kappa shape index (κ3) is 3.19. The van der Waals surface area contributed by atoms with E-state index in [2.05, 4.69) is 25.7 Å². The van der Waals surface area contributed by atoms with Gasteiger partial charge in [0.1, 0.15) is 5.82 Å². The molecular weight excluding hydrogens is 348 g/mol. The summed E-state index contributed by atoms with van der Waals surface area (Å²) >= 11 is 5.97. The van der Waals surface area contributed by atoms with Crippen LogP contribution in [-0.4, -0.2) is 19.7 Å². The number of aryl methyl sites for hydroxylation is 2. The van der Waals surface area contributed by atoms with E-state index in [1.165, 1.54) is 0 Å². The summed E-state index contributed by atoms with van der Waals surface area (Å²) in [6.45, 7) is 2.04. The number of rotatable bonds is 4. The molecule has 130 valence electrons. The number of fused-ring (bicyclic) bond motifs is 1. The number of benzene rings is 2. The summed E-state index contributed by atoms with van der Waals surface area (Å²) in [5.41, 5.74) is 3.72. The average Bonchev–Trinajstić information content (AvgIpc) is 3.00. The molecule has 26 heavy (non-hydrogen) atoms. The van der Waals surface area contributed by atoms with Gasteiger partial charge in [0.15, 0.2) is 5.65 Å². The van der Waals surface area contributed by atoms with Gasteiger partial charge in [0.05, 0.1) is 11.6 Å². The molecule has 6 nitrogen and oxygen atoms in total. The molecule has 0 spiro atoms. The van der Waals surface area contributed by atoms with Gasteiger partial charge in [-0.3, -0.25) is 4.68 Å². The lowest BCUT2D eigenvalue weighted by Gasteiger charge is -2.11. The summed E-state index contributed by atoms with van der Waals surface area (Å²) in [5, 5.41) is 12.5. The molecule has 4 rings (SSSR count). The summed E-state index contributed by atoms with van der Waals surface area (Å²) in [6.07, 6.45) is 1.76. The average molecular weight is 365 g/mol. The molecule has 4 aromatic rings. The smallest absolute Gasteiger partial charge is 0.231 e. The van der Waals surface area contributed by atoms with Crippen molar-refractivity contribution in [3.63, 3.8) is 0 Å². The van der Waals surface area contributed by atoms with Crippen molar-refractivity contribution in [3.8, 4) is 0 Å². The van der Waals surface area contributed by atoms with Crippen LogP contribution in [0.2, 0.25) is 5.02 Å². The first-order valence-electron chi connectivity index (χ1n) is 8.15. The molecule has 2 aromatic carbocycles. The Hall–Kier alpha value is -3.12. The molecule has 0 aliphatic heterocycles. The largest absolute Gasteiger partial charge is 0.339 e. The molecule has 0 radical (unpaired) electrons. The van der Waals surface area contributed by atoms with Crippen molar-refractivity contribution in [1.82, 2.24) is 19.7 Å². The van der Waals surface area contributed by atoms with Crippen LogP contribution in [0.3, 0.4) is 0 Å². The van der Waals surface area contributed by atoms with E-state index in [1.54, 1.807) is 10.9 Å². The molecular formula is C19H17ClN6. The maximum absolute atomic E-state index is 5.97. The van der Waals surface area contributed by atoms with Gasteiger partial charge in [-0.1, -0.05) is 29.8 Å². The lowest BCUT2D eigenvalue weighted by molar-refractivity contribution is 0.786. The first-order chi connectivity index (χ1) is 12.6. The number of halogens is 1. The third-order valence-corrected chi connectivity index (χ3v) is 4.34. The minimum atomic E-state index is 0.506. The second-order valence-corrected chi connectivity index (χ2v) is 6.41. The second-order valence-electron chi connectivity index (χ2n) is 5.97. The highest BCUT2D eigenvalue weighted by atomic mass is 35.5. The van der Waals surface area contributed by atoms with Crippen molar-refractivity contribution >= 4 is 45.8 Å². The molecule has 0 fully saturated rings. The van der Waals surface area contributed by atoms with Gasteiger partial charge in [-0.25, -0.2) is 0 Å². The van der Waals surface area contributed by atoms with Gasteiger partial charge in [-0.15, -0.1) is 0 Å². The van der Waals surface area contributed by atoms with Crippen LogP contribution < -0.4 is 10.6 Å². The third-order valence-electron chi connectivity index (χ3n) is 4.09. The van der Waals surface area contributed by atoms with Crippen molar-refractivity contribution in [3.05, 3.63) is 65.3 Å². The summed E-state index contributed by atoms with van der Waals surface area (Å²) in [7, 11) is 1.86. The maximum Gasteiger partial charge on any atom is 0.231 e. The Morgan fingerprint density at radius 3 is 2.50 bits per heavy atom. The standard InChI is InChI=1S/C19H17ClN6/c1-12-5-3-4-6-16(12)23-19-24-17(15-11-21-26(2)18(15)25-19)22-14-9-7-13(20)8-10-14/h3-11H,1-2H3,(H2,22,23,24,25). The van der Waals surface area contributed by atoms with E-state index in [9.17, 15) is 0 Å². The Morgan fingerprint density at radius 1 is 0.962 bits per heavy atom. The SMILES string of the molecule is Cc1ccccc1Nc1nc(Nc2ccc(Cl)cc2)c2cnn(C)c2n1. The lowest BCUT2D eigenvalue weighted by Crippen LogP contribution is -2.04. The van der Waals surface area contributed by atoms with E-state index in [4.69, 9.17) is 11.6 Å². The number of nitrogens with one attached hydrogen (secondary N) is 2. The van der Waals surface area contributed by atoms with Gasteiger partial charge in [0.2, 0.25) is 5.95 Å². The molecule has 0 amide bonds. The molecule has 7 heteroatoms. The predicted octanol–water partition coefficient (Wildman–Crippen LogP) is 4.81. The quantitative estimate of drug-likeness (QED) is 0.543. The fourth-order valence-corrected chi connectivity index (χ4v) is 2.80.